The van der Waals surface area contributed by atoms with Crippen LogP contribution < -0.4 is 5.32 Å². The minimum absolute atomic E-state index is 0.0824. The van der Waals surface area contributed by atoms with Crippen molar-refractivity contribution in [1.29, 1.82) is 0 Å². The number of cyclic esters (lactones) is 1. The fraction of sp³-hybridized carbons (Fsp3) is 0.364. The lowest BCUT2D eigenvalue weighted by Gasteiger charge is -2.24. The first-order valence-electron chi connectivity index (χ1n) is 5.17. The molecule has 18 heavy (non-hydrogen) atoms. The number of rotatable bonds is 1. The first-order chi connectivity index (χ1) is 8.36. The Balaban J connectivity index is 2.33. The number of alkyl carbamates (subject to hydrolysis) is 1. The molecule has 0 aliphatic carbocycles. The van der Waals surface area contributed by atoms with E-state index in [1.807, 2.05) is 0 Å². The van der Waals surface area contributed by atoms with Gasteiger partial charge < -0.3 is 10.1 Å². The molecule has 0 unspecified atom stereocenters. The molecule has 0 saturated carbocycles. The number of carbonyl (C=O) groups is 1. The molecular weight excluding hydrogens is 254 g/mol. The van der Waals surface area contributed by atoms with E-state index in [1.165, 1.54) is 0 Å². The molecule has 98 valence electrons. The number of hydrogen-bond donors (Lipinski definition) is 1. The summed E-state index contributed by atoms with van der Waals surface area (Å²) in [4.78, 5) is 11.0. The van der Waals surface area contributed by atoms with Crippen molar-refractivity contribution < 1.29 is 27.1 Å². The maximum atomic E-state index is 13.2. The van der Waals surface area contributed by atoms with Crippen molar-refractivity contribution >= 4 is 6.09 Å². The SMILES string of the molecule is O=C1N[C@@H](c2cc(F)cc(C(F)(F)F)c2)CCO1. The maximum Gasteiger partial charge on any atom is 0.416 e. The Hall–Kier alpha value is -1.79. The summed E-state index contributed by atoms with van der Waals surface area (Å²) in [6.07, 6.45) is -5.04. The Morgan fingerprint density at radius 2 is 2.00 bits per heavy atom. The van der Waals surface area contributed by atoms with Gasteiger partial charge >= 0.3 is 12.3 Å². The van der Waals surface area contributed by atoms with E-state index in [1.54, 1.807) is 0 Å². The Morgan fingerprint density at radius 3 is 2.61 bits per heavy atom. The van der Waals surface area contributed by atoms with Crippen LogP contribution in [0, 0.1) is 5.82 Å². The van der Waals surface area contributed by atoms with Crippen molar-refractivity contribution in [1.82, 2.24) is 5.32 Å². The fourth-order valence-electron chi connectivity index (χ4n) is 1.75. The highest BCUT2D eigenvalue weighted by Gasteiger charge is 2.32. The van der Waals surface area contributed by atoms with Gasteiger partial charge in [-0.3, -0.25) is 0 Å². The minimum atomic E-state index is -4.62. The van der Waals surface area contributed by atoms with Gasteiger partial charge in [-0.05, 0) is 23.8 Å². The van der Waals surface area contributed by atoms with Gasteiger partial charge in [0, 0.05) is 6.42 Å². The number of halogens is 4. The number of alkyl halides is 3. The van der Waals surface area contributed by atoms with Crippen LogP contribution in [0.3, 0.4) is 0 Å². The summed E-state index contributed by atoms with van der Waals surface area (Å²) in [6.45, 7) is 0.0916. The van der Waals surface area contributed by atoms with Gasteiger partial charge in [-0.15, -0.1) is 0 Å². The van der Waals surface area contributed by atoms with Crippen molar-refractivity contribution in [3.8, 4) is 0 Å². The Bertz CT molecular complexity index is 473. The van der Waals surface area contributed by atoms with E-state index < -0.39 is 29.7 Å². The van der Waals surface area contributed by atoms with Crippen LogP contribution in [0.5, 0.6) is 0 Å². The third-order valence-corrected chi connectivity index (χ3v) is 2.58. The lowest BCUT2D eigenvalue weighted by molar-refractivity contribution is -0.137. The molecule has 2 rings (SSSR count). The smallest absolute Gasteiger partial charge is 0.416 e. The van der Waals surface area contributed by atoms with Crippen molar-refractivity contribution in [3.63, 3.8) is 0 Å². The van der Waals surface area contributed by atoms with E-state index in [2.05, 4.69) is 10.1 Å². The summed E-state index contributed by atoms with van der Waals surface area (Å²) in [5.74, 6) is -0.986. The Morgan fingerprint density at radius 1 is 1.28 bits per heavy atom. The second-order valence-corrected chi connectivity index (χ2v) is 3.89. The summed E-state index contributed by atoms with van der Waals surface area (Å²) in [5, 5.41) is 2.34. The van der Waals surface area contributed by atoms with E-state index in [4.69, 9.17) is 0 Å². The van der Waals surface area contributed by atoms with Crippen molar-refractivity contribution in [3.05, 3.63) is 35.1 Å². The quantitative estimate of drug-likeness (QED) is 0.791. The number of benzene rings is 1. The summed E-state index contributed by atoms with van der Waals surface area (Å²) in [6, 6.07) is 1.57. The molecule has 1 amide bonds. The summed E-state index contributed by atoms with van der Waals surface area (Å²) in [7, 11) is 0. The summed E-state index contributed by atoms with van der Waals surface area (Å²) >= 11 is 0. The number of hydrogen-bond acceptors (Lipinski definition) is 2. The van der Waals surface area contributed by atoms with Crippen molar-refractivity contribution in [2.45, 2.75) is 18.6 Å². The van der Waals surface area contributed by atoms with Gasteiger partial charge in [0.05, 0.1) is 18.2 Å². The predicted octanol–water partition coefficient (Wildman–Crippen LogP) is 3.02. The molecule has 1 aliphatic rings. The Labute approximate surface area is 99.7 Å². The highest BCUT2D eigenvalue weighted by molar-refractivity contribution is 5.68. The van der Waals surface area contributed by atoms with Gasteiger partial charge in [0.1, 0.15) is 5.82 Å². The van der Waals surface area contributed by atoms with Crippen LogP contribution in [-0.4, -0.2) is 12.7 Å². The first-order valence-corrected chi connectivity index (χ1v) is 5.17. The molecule has 1 N–H and O–H groups in total. The van der Waals surface area contributed by atoms with Crippen molar-refractivity contribution in [2.24, 2.45) is 0 Å². The second kappa shape index (κ2) is 4.47. The number of carbonyl (C=O) groups excluding carboxylic acids is 1. The third-order valence-electron chi connectivity index (χ3n) is 2.58. The first kappa shape index (κ1) is 12.7. The predicted molar refractivity (Wildman–Crippen MR) is 53.2 cm³/mol. The largest absolute Gasteiger partial charge is 0.449 e. The molecule has 1 aromatic carbocycles. The van der Waals surface area contributed by atoms with Crippen LogP contribution in [0.25, 0.3) is 0 Å². The zero-order valence-corrected chi connectivity index (χ0v) is 9.05. The third kappa shape index (κ3) is 2.72. The molecule has 0 radical (unpaired) electrons. The molecule has 7 heteroatoms. The van der Waals surface area contributed by atoms with E-state index in [0.29, 0.717) is 12.5 Å². The molecule has 1 aromatic rings. The van der Waals surface area contributed by atoms with Crippen LogP contribution in [-0.2, 0) is 10.9 Å². The van der Waals surface area contributed by atoms with E-state index in [9.17, 15) is 22.4 Å². The molecule has 3 nitrogen and oxygen atoms in total. The van der Waals surface area contributed by atoms with Gasteiger partial charge in [0.15, 0.2) is 0 Å². The van der Waals surface area contributed by atoms with E-state index >= 15 is 0 Å². The van der Waals surface area contributed by atoms with Crippen LogP contribution in [0.4, 0.5) is 22.4 Å². The van der Waals surface area contributed by atoms with Gasteiger partial charge in [-0.25, -0.2) is 9.18 Å². The van der Waals surface area contributed by atoms with Gasteiger partial charge in [0.2, 0.25) is 0 Å². The monoisotopic (exact) mass is 263 g/mol. The van der Waals surface area contributed by atoms with Crippen LogP contribution in [0.1, 0.15) is 23.6 Å². The number of nitrogens with one attached hydrogen (secondary N) is 1. The van der Waals surface area contributed by atoms with Gasteiger partial charge in [0.25, 0.3) is 0 Å². The summed E-state index contributed by atoms with van der Waals surface area (Å²) in [5.41, 5.74) is -0.989. The average molecular weight is 263 g/mol. The van der Waals surface area contributed by atoms with Gasteiger partial charge in [-0.2, -0.15) is 13.2 Å². The molecule has 1 aliphatic heterocycles. The van der Waals surface area contributed by atoms with Crippen LogP contribution in [0.15, 0.2) is 18.2 Å². The molecule has 0 bridgehead atoms. The molecule has 1 atom stereocenters. The standard InChI is InChI=1S/C11H9F4NO2/c12-8-4-6(3-7(5-8)11(13,14)15)9-1-2-18-10(17)16-9/h3-5,9H,1-2H2,(H,16,17)/t9-/m1/s1. The van der Waals surface area contributed by atoms with Crippen molar-refractivity contribution in [2.75, 3.05) is 6.61 Å². The molecule has 0 spiro atoms. The fourth-order valence-corrected chi connectivity index (χ4v) is 1.75. The molecule has 1 fully saturated rings. The van der Waals surface area contributed by atoms with E-state index in [-0.39, 0.29) is 12.2 Å². The zero-order chi connectivity index (χ0) is 13.3. The summed E-state index contributed by atoms with van der Waals surface area (Å²) < 4.78 is 55.3. The highest BCUT2D eigenvalue weighted by atomic mass is 19.4. The van der Waals surface area contributed by atoms with E-state index in [0.717, 1.165) is 12.1 Å². The molecule has 0 aromatic heterocycles. The molecule has 1 saturated heterocycles. The number of ether oxygens (including phenoxy) is 1. The zero-order valence-electron chi connectivity index (χ0n) is 9.05. The van der Waals surface area contributed by atoms with Crippen LogP contribution in [0.2, 0.25) is 0 Å². The second-order valence-electron chi connectivity index (χ2n) is 3.89. The number of amides is 1. The molecule has 1 heterocycles. The lowest BCUT2D eigenvalue weighted by Crippen LogP contribution is -2.35. The minimum Gasteiger partial charge on any atom is -0.449 e. The topological polar surface area (TPSA) is 38.3 Å². The van der Waals surface area contributed by atoms with Crippen LogP contribution >= 0.6 is 0 Å². The molecular formula is C11H9F4NO2. The lowest BCUT2D eigenvalue weighted by atomic mass is 10.0. The Kier molecular flexibility index (Phi) is 3.14. The highest BCUT2D eigenvalue weighted by Crippen LogP contribution is 2.32. The normalized spacial score (nSPS) is 20.2. The average Bonchev–Trinajstić information content (AvgIpc) is 2.27. The maximum absolute atomic E-state index is 13.2. The van der Waals surface area contributed by atoms with Gasteiger partial charge in [-0.1, -0.05) is 0 Å².